The lowest BCUT2D eigenvalue weighted by atomic mass is 9.93. The minimum absolute atomic E-state index is 0.0175. The second kappa shape index (κ2) is 6.23. The molecule has 0 amide bonds. The number of nitrogens with zero attached hydrogens (tertiary/aromatic N) is 1. The molecule has 106 valence electrons. The quantitative estimate of drug-likeness (QED) is 0.892. The zero-order valence-corrected chi connectivity index (χ0v) is 12.2. The first-order valence-electron chi connectivity index (χ1n) is 6.93. The number of likely N-dealkylation sites (tertiary alicyclic amines) is 1. The van der Waals surface area contributed by atoms with Gasteiger partial charge in [-0.3, -0.25) is 0 Å². The lowest BCUT2D eigenvalue weighted by Crippen LogP contribution is -2.43. The molecule has 2 rings (SSSR count). The van der Waals surface area contributed by atoms with Gasteiger partial charge < -0.3 is 15.7 Å². The largest absolute Gasteiger partial charge is 0.390 e. The van der Waals surface area contributed by atoms with Crippen LogP contribution in [-0.2, 0) is 0 Å². The summed E-state index contributed by atoms with van der Waals surface area (Å²) in [5.41, 5.74) is 6.74. The Kier molecular flexibility index (Phi) is 4.85. The average Bonchev–Trinajstić information content (AvgIpc) is 2.38. The molecule has 0 aromatic heterocycles. The van der Waals surface area contributed by atoms with Gasteiger partial charge in [-0.2, -0.15) is 0 Å². The highest BCUT2D eigenvalue weighted by Gasteiger charge is 2.27. The molecule has 1 aliphatic rings. The third-order valence-electron chi connectivity index (χ3n) is 3.99. The summed E-state index contributed by atoms with van der Waals surface area (Å²) in [5, 5.41) is 10.7. The highest BCUT2D eigenvalue weighted by Crippen LogP contribution is 2.25. The molecule has 0 spiro atoms. The minimum atomic E-state index is -0.485. The molecule has 1 aromatic rings. The highest BCUT2D eigenvalue weighted by atomic mass is 35.5. The summed E-state index contributed by atoms with van der Waals surface area (Å²) < 4.78 is 0. The first kappa shape index (κ1) is 14.8. The van der Waals surface area contributed by atoms with Crippen molar-refractivity contribution in [3.8, 4) is 0 Å². The fourth-order valence-electron chi connectivity index (χ4n) is 2.51. The first-order chi connectivity index (χ1) is 8.98. The maximum Gasteiger partial charge on any atom is 0.0644 e. The van der Waals surface area contributed by atoms with E-state index < -0.39 is 5.60 Å². The maximum atomic E-state index is 9.92. The zero-order valence-electron chi connectivity index (χ0n) is 11.5. The van der Waals surface area contributed by atoms with Gasteiger partial charge in [0, 0.05) is 24.2 Å². The van der Waals surface area contributed by atoms with E-state index in [0.29, 0.717) is 0 Å². The number of piperidine rings is 1. The van der Waals surface area contributed by atoms with Crippen molar-refractivity contribution >= 4 is 11.6 Å². The number of nitrogens with two attached hydrogens (primary N) is 1. The fraction of sp³-hybridized carbons (Fsp3) is 0.600. The van der Waals surface area contributed by atoms with Crippen LogP contribution in [0, 0.1) is 0 Å². The lowest BCUT2D eigenvalue weighted by molar-refractivity contribution is -0.00576. The van der Waals surface area contributed by atoms with E-state index in [2.05, 4.69) is 4.90 Å². The Morgan fingerprint density at radius 3 is 2.63 bits per heavy atom. The van der Waals surface area contributed by atoms with Gasteiger partial charge >= 0.3 is 0 Å². The van der Waals surface area contributed by atoms with Gasteiger partial charge in [-0.05, 0) is 44.4 Å². The predicted molar refractivity (Wildman–Crippen MR) is 79.3 cm³/mol. The fourth-order valence-corrected chi connectivity index (χ4v) is 2.79. The van der Waals surface area contributed by atoms with E-state index in [-0.39, 0.29) is 6.04 Å². The van der Waals surface area contributed by atoms with Crippen molar-refractivity contribution in [2.75, 3.05) is 19.6 Å². The molecule has 19 heavy (non-hydrogen) atoms. The molecular weight excluding hydrogens is 260 g/mol. The Labute approximate surface area is 120 Å². The molecule has 1 heterocycles. The topological polar surface area (TPSA) is 49.5 Å². The number of benzene rings is 1. The van der Waals surface area contributed by atoms with Crippen molar-refractivity contribution in [1.29, 1.82) is 0 Å². The van der Waals surface area contributed by atoms with Crippen molar-refractivity contribution in [1.82, 2.24) is 4.90 Å². The van der Waals surface area contributed by atoms with Crippen LogP contribution in [0.25, 0.3) is 0 Å². The monoisotopic (exact) mass is 282 g/mol. The summed E-state index contributed by atoms with van der Waals surface area (Å²) in [7, 11) is 0. The van der Waals surface area contributed by atoms with Crippen molar-refractivity contribution in [3.63, 3.8) is 0 Å². The minimum Gasteiger partial charge on any atom is -0.390 e. The SMILES string of the molecule is CC1(O)CCN(CCC(N)c2ccccc2Cl)CC1. The van der Waals surface area contributed by atoms with Crippen molar-refractivity contribution in [2.24, 2.45) is 5.73 Å². The van der Waals surface area contributed by atoms with Gasteiger partial charge in [-0.25, -0.2) is 0 Å². The van der Waals surface area contributed by atoms with Crippen LogP contribution < -0.4 is 5.73 Å². The van der Waals surface area contributed by atoms with Crippen LogP contribution in [-0.4, -0.2) is 35.2 Å². The van der Waals surface area contributed by atoms with Crippen molar-refractivity contribution in [3.05, 3.63) is 34.9 Å². The summed E-state index contributed by atoms with van der Waals surface area (Å²) in [5.74, 6) is 0. The molecule has 1 aliphatic heterocycles. The Morgan fingerprint density at radius 2 is 2.00 bits per heavy atom. The lowest BCUT2D eigenvalue weighted by Gasteiger charge is -2.36. The van der Waals surface area contributed by atoms with E-state index in [1.54, 1.807) is 0 Å². The van der Waals surface area contributed by atoms with Gasteiger partial charge in [0.25, 0.3) is 0 Å². The zero-order chi connectivity index (χ0) is 13.9. The number of rotatable bonds is 4. The summed E-state index contributed by atoms with van der Waals surface area (Å²) in [6.07, 6.45) is 2.58. The van der Waals surface area contributed by atoms with E-state index >= 15 is 0 Å². The number of aliphatic hydroxyl groups is 1. The van der Waals surface area contributed by atoms with Gasteiger partial charge in [-0.15, -0.1) is 0 Å². The van der Waals surface area contributed by atoms with Crippen LogP contribution in [0.4, 0.5) is 0 Å². The second-order valence-corrected chi connectivity index (χ2v) is 6.16. The molecule has 0 bridgehead atoms. The van der Waals surface area contributed by atoms with Gasteiger partial charge in [0.1, 0.15) is 0 Å². The molecule has 1 fully saturated rings. The molecule has 1 atom stereocenters. The van der Waals surface area contributed by atoms with E-state index in [4.69, 9.17) is 17.3 Å². The predicted octanol–water partition coefficient (Wildman–Crippen LogP) is 2.58. The van der Waals surface area contributed by atoms with Crippen LogP contribution in [0.5, 0.6) is 0 Å². The van der Waals surface area contributed by atoms with Crippen LogP contribution in [0.2, 0.25) is 5.02 Å². The number of halogens is 1. The highest BCUT2D eigenvalue weighted by molar-refractivity contribution is 6.31. The Morgan fingerprint density at radius 1 is 1.37 bits per heavy atom. The molecule has 4 heteroatoms. The molecule has 0 saturated carbocycles. The number of hydrogen-bond acceptors (Lipinski definition) is 3. The second-order valence-electron chi connectivity index (χ2n) is 5.76. The molecule has 3 nitrogen and oxygen atoms in total. The Bertz CT molecular complexity index is 412. The summed E-state index contributed by atoms with van der Waals surface area (Å²) >= 11 is 6.15. The summed E-state index contributed by atoms with van der Waals surface area (Å²) in [4.78, 5) is 2.37. The van der Waals surface area contributed by atoms with Crippen molar-refractivity contribution < 1.29 is 5.11 Å². The Balaban J connectivity index is 1.82. The molecule has 3 N–H and O–H groups in total. The van der Waals surface area contributed by atoms with E-state index in [9.17, 15) is 5.11 Å². The van der Waals surface area contributed by atoms with E-state index in [1.807, 2.05) is 31.2 Å². The molecule has 0 radical (unpaired) electrons. The summed E-state index contributed by atoms with van der Waals surface area (Å²) in [6.45, 7) is 4.77. The van der Waals surface area contributed by atoms with Crippen LogP contribution in [0.15, 0.2) is 24.3 Å². The number of hydrogen-bond donors (Lipinski definition) is 2. The van der Waals surface area contributed by atoms with Crippen LogP contribution in [0.3, 0.4) is 0 Å². The molecule has 1 saturated heterocycles. The normalized spacial score (nSPS) is 21.3. The van der Waals surface area contributed by atoms with Crippen LogP contribution in [0.1, 0.15) is 37.8 Å². The third-order valence-corrected chi connectivity index (χ3v) is 4.34. The molecular formula is C15H23ClN2O. The van der Waals surface area contributed by atoms with E-state index in [1.165, 1.54) is 0 Å². The van der Waals surface area contributed by atoms with Crippen molar-refractivity contribution in [2.45, 2.75) is 37.8 Å². The molecule has 0 aliphatic carbocycles. The average molecular weight is 283 g/mol. The van der Waals surface area contributed by atoms with Crippen LogP contribution >= 0.6 is 11.6 Å². The smallest absolute Gasteiger partial charge is 0.0644 e. The summed E-state index contributed by atoms with van der Waals surface area (Å²) in [6, 6.07) is 7.75. The van der Waals surface area contributed by atoms with E-state index in [0.717, 1.165) is 49.5 Å². The van der Waals surface area contributed by atoms with Gasteiger partial charge in [0.2, 0.25) is 0 Å². The Hall–Kier alpha value is -0.610. The first-order valence-corrected chi connectivity index (χ1v) is 7.30. The van der Waals surface area contributed by atoms with Gasteiger partial charge in [0.15, 0.2) is 0 Å². The van der Waals surface area contributed by atoms with Gasteiger partial charge in [-0.1, -0.05) is 29.8 Å². The standard InChI is InChI=1S/C15H23ClN2O/c1-15(19)7-10-18(11-8-15)9-6-14(17)12-4-2-3-5-13(12)16/h2-5,14,19H,6-11,17H2,1H3. The maximum absolute atomic E-state index is 9.92. The van der Waals surface area contributed by atoms with Gasteiger partial charge in [0.05, 0.1) is 5.60 Å². The third kappa shape index (κ3) is 4.18. The molecule has 1 aromatic carbocycles. The molecule has 1 unspecified atom stereocenters.